The number of methoxy groups -OCH3 is 2. The molecule has 6 heteroatoms. The van der Waals surface area contributed by atoms with Gasteiger partial charge in [-0.25, -0.2) is 0 Å². The van der Waals surface area contributed by atoms with E-state index in [9.17, 15) is 9.90 Å². The SMILES string of the molecule is COc1cc2c(c3c1c(=O)c1ccccc1n3C)[C@@H](OC)[C@@H](O)C(C)(C)O2. The second-order valence-electron chi connectivity index (χ2n) is 7.43. The highest BCUT2D eigenvalue weighted by molar-refractivity contribution is 5.99. The third-order valence-corrected chi connectivity index (χ3v) is 5.47. The van der Waals surface area contributed by atoms with E-state index >= 15 is 0 Å². The van der Waals surface area contributed by atoms with Gasteiger partial charge in [0.1, 0.15) is 29.3 Å². The molecule has 1 aromatic heterocycles. The molecule has 2 heterocycles. The van der Waals surface area contributed by atoms with Crippen LogP contribution in [-0.2, 0) is 11.8 Å². The van der Waals surface area contributed by atoms with Crippen molar-refractivity contribution >= 4 is 21.8 Å². The molecule has 1 aliphatic heterocycles. The normalized spacial score (nSPS) is 21.1. The monoisotopic (exact) mass is 369 g/mol. The van der Waals surface area contributed by atoms with E-state index in [2.05, 4.69) is 0 Å². The van der Waals surface area contributed by atoms with Crippen LogP contribution < -0.4 is 14.9 Å². The number of hydrogen-bond acceptors (Lipinski definition) is 5. The third-order valence-electron chi connectivity index (χ3n) is 5.47. The zero-order chi connectivity index (χ0) is 19.5. The maximum absolute atomic E-state index is 13.3. The number of para-hydroxylation sites is 1. The van der Waals surface area contributed by atoms with Crippen LogP contribution in [0.2, 0.25) is 0 Å². The lowest BCUT2D eigenvalue weighted by atomic mass is 9.86. The number of rotatable bonds is 2. The summed E-state index contributed by atoms with van der Waals surface area (Å²) in [6.45, 7) is 3.62. The Labute approximate surface area is 156 Å². The van der Waals surface area contributed by atoms with Crippen LogP contribution in [0.1, 0.15) is 25.5 Å². The second-order valence-corrected chi connectivity index (χ2v) is 7.43. The highest BCUT2D eigenvalue weighted by Gasteiger charge is 2.45. The highest BCUT2D eigenvalue weighted by Crippen LogP contribution is 2.47. The lowest BCUT2D eigenvalue weighted by molar-refractivity contribution is -0.123. The number of hydrogen-bond donors (Lipinski definition) is 1. The first-order valence-corrected chi connectivity index (χ1v) is 8.84. The number of aliphatic hydroxyl groups is 1. The number of aryl methyl sites for hydroxylation is 1. The number of benzene rings is 2. The smallest absolute Gasteiger partial charge is 0.200 e. The Bertz CT molecular complexity index is 1120. The molecule has 0 unspecified atom stereocenters. The average molecular weight is 369 g/mol. The minimum atomic E-state index is -0.895. The standard InChI is InChI=1S/C21H23NO5/c1-21(2)20(24)19(26-5)16-14(27-21)10-13(25-4)15-17(16)22(3)12-9-7-6-8-11(12)18(15)23/h6-10,19-20,24H,1-5H3/t19-,20-/m1/s1. The predicted molar refractivity (Wildman–Crippen MR) is 104 cm³/mol. The molecule has 0 bridgehead atoms. The fourth-order valence-electron chi connectivity index (χ4n) is 4.05. The molecule has 0 spiro atoms. The summed E-state index contributed by atoms with van der Waals surface area (Å²) in [7, 11) is 4.98. The van der Waals surface area contributed by atoms with Gasteiger partial charge in [0.15, 0.2) is 0 Å². The first-order valence-electron chi connectivity index (χ1n) is 8.84. The van der Waals surface area contributed by atoms with Crippen LogP contribution in [0.4, 0.5) is 0 Å². The molecule has 3 aromatic rings. The van der Waals surface area contributed by atoms with E-state index in [-0.39, 0.29) is 5.43 Å². The van der Waals surface area contributed by atoms with Gasteiger partial charge >= 0.3 is 0 Å². The number of aromatic nitrogens is 1. The van der Waals surface area contributed by atoms with Gasteiger partial charge in [0.2, 0.25) is 5.43 Å². The fourth-order valence-corrected chi connectivity index (χ4v) is 4.05. The second kappa shape index (κ2) is 5.97. The molecule has 0 saturated carbocycles. The summed E-state index contributed by atoms with van der Waals surface area (Å²) in [6, 6.07) is 9.15. The zero-order valence-electron chi connectivity index (χ0n) is 16.1. The number of aliphatic hydroxyl groups excluding tert-OH is 1. The van der Waals surface area contributed by atoms with Gasteiger partial charge in [-0.3, -0.25) is 4.79 Å². The summed E-state index contributed by atoms with van der Waals surface area (Å²) in [6.07, 6.45) is -1.53. The summed E-state index contributed by atoms with van der Waals surface area (Å²) in [5.41, 5.74) is 1.13. The number of nitrogens with zero attached hydrogens (tertiary/aromatic N) is 1. The molecule has 2 atom stereocenters. The number of pyridine rings is 1. The summed E-state index contributed by atoms with van der Waals surface area (Å²) >= 11 is 0. The van der Waals surface area contributed by atoms with Crippen molar-refractivity contribution in [1.82, 2.24) is 4.57 Å². The van der Waals surface area contributed by atoms with E-state index in [0.29, 0.717) is 33.4 Å². The Balaban J connectivity index is 2.25. The molecule has 0 fully saturated rings. The lowest BCUT2D eigenvalue weighted by Crippen LogP contribution is -2.49. The van der Waals surface area contributed by atoms with Gasteiger partial charge < -0.3 is 23.9 Å². The van der Waals surface area contributed by atoms with Crippen LogP contribution >= 0.6 is 0 Å². The first kappa shape index (κ1) is 17.8. The van der Waals surface area contributed by atoms with E-state index in [1.54, 1.807) is 19.2 Å². The largest absolute Gasteiger partial charge is 0.496 e. The molecule has 0 amide bonds. The van der Waals surface area contributed by atoms with Crippen molar-refractivity contribution in [2.24, 2.45) is 7.05 Å². The van der Waals surface area contributed by atoms with Crippen LogP contribution in [-0.4, -0.2) is 35.6 Å². The molecule has 0 saturated heterocycles. The van der Waals surface area contributed by atoms with Crippen molar-refractivity contribution in [2.75, 3.05) is 14.2 Å². The van der Waals surface area contributed by atoms with E-state index in [0.717, 1.165) is 5.52 Å². The Morgan fingerprint density at radius 1 is 1.22 bits per heavy atom. The minimum Gasteiger partial charge on any atom is -0.496 e. The Kier molecular flexibility index (Phi) is 3.94. The minimum absolute atomic E-state index is 0.118. The van der Waals surface area contributed by atoms with Crippen LogP contribution in [0.5, 0.6) is 11.5 Å². The van der Waals surface area contributed by atoms with Crippen molar-refractivity contribution in [3.63, 3.8) is 0 Å². The van der Waals surface area contributed by atoms with E-state index < -0.39 is 17.8 Å². The Hall–Kier alpha value is -2.57. The molecule has 4 rings (SSSR count). The third kappa shape index (κ3) is 2.37. The molecule has 6 nitrogen and oxygen atoms in total. The predicted octanol–water partition coefficient (Wildman–Crippen LogP) is 2.92. The molecule has 1 N–H and O–H groups in total. The van der Waals surface area contributed by atoms with Crippen molar-refractivity contribution in [2.45, 2.75) is 31.7 Å². The van der Waals surface area contributed by atoms with Gasteiger partial charge in [-0.2, -0.15) is 0 Å². The zero-order valence-corrected chi connectivity index (χ0v) is 16.1. The van der Waals surface area contributed by atoms with Gasteiger partial charge in [-0.1, -0.05) is 12.1 Å². The van der Waals surface area contributed by atoms with E-state index in [1.165, 1.54) is 7.11 Å². The molecule has 2 aromatic carbocycles. The van der Waals surface area contributed by atoms with Gasteiger partial charge in [-0.05, 0) is 26.0 Å². The molecule has 1 aliphatic rings. The van der Waals surface area contributed by atoms with Crippen LogP contribution in [0.25, 0.3) is 21.8 Å². The van der Waals surface area contributed by atoms with Crippen LogP contribution in [0, 0.1) is 0 Å². The molecule has 27 heavy (non-hydrogen) atoms. The number of fused-ring (bicyclic) bond motifs is 4. The molecule has 0 radical (unpaired) electrons. The molecular formula is C21H23NO5. The molecule has 0 aliphatic carbocycles. The van der Waals surface area contributed by atoms with Gasteiger partial charge in [0, 0.05) is 25.6 Å². The van der Waals surface area contributed by atoms with E-state index in [4.69, 9.17) is 14.2 Å². The quantitative estimate of drug-likeness (QED) is 0.704. The van der Waals surface area contributed by atoms with Gasteiger partial charge in [0.25, 0.3) is 0 Å². The van der Waals surface area contributed by atoms with Crippen molar-refractivity contribution in [3.8, 4) is 11.5 Å². The molecular weight excluding hydrogens is 346 g/mol. The Morgan fingerprint density at radius 3 is 2.59 bits per heavy atom. The van der Waals surface area contributed by atoms with Crippen LogP contribution in [0.3, 0.4) is 0 Å². The molecule has 142 valence electrons. The summed E-state index contributed by atoms with van der Waals surface area (Å²) < 4.78 is 19.2. The van der Waals surface area contributed by atoms with Crippen molar-refractivity contribution in [3.05, 3.63) is 46.1 Å². The van der Waals surface area contributed by atoms with Gasteiger partial charge in [0.05, 0.1) is 29.1 Å². The summed E-state index contributed by atoms with van der Waals surface area (Å²) in [5.74, 6) is 0.990. The van der Waals surface area contributed by atoms with Crippen molar-refractivity contribution < 1.29 is 19.3 Å². The highest BCUT2D eigenvalue weighted by atomic mass is 16.5. The number of ether oxygens (including phenoxy) is 3. The first-order chi connectivity index (χ1) is 12.8. The fraction of sp³-hybridized carbons (Fsp3) is 0.381. The maximum atomic E-state index is 13.3. The summed E-state index contributed by atoms with van der Waals surface area (Å²) in [4.78, 5) is 13.3. The average Bonchev–Trinajstić information content (AvgIpc) is 2.65. The van der Waals surface area contributed by atoms with E-state index in [1.807, 2.05) is 43.7 Å². The van der Waals surface area contributed by atoms with Gasteiger partial charge in [-0.15, -0.1) is 0 Å². The topological polar surface area (TPSA) is 69.9 Å². The lowest BCUT2D eigenvalue weighted by Gasteiger charge is -2.42. The summed E-state index contributed by atoms with van der Waals surface area (Å²) in [5, 5.41) is 11.9. The van der Waals surface area contributed by atoms with Crippen molar-refractivity contribution in [1.29, 1.82) is 0 Å². The van der Waals surface area contributed by atoms with Crippen LogP contribution in [0.15, 0.2) is 35.1 Å². The maximum Gasteiger partial charge on any atom is 0.200 e. The Morgan fingerprint density at radius 2 is 1.93 bits per heavy atom.